The van der Waals surface area contributed by atoms with Crippen molar-refractivity contribution in [3.63, 3.8) is 0 Å². The van der Waals surface area contributed by atoms with Crippen LogP contribution in [0.4, 0.5) is 0 Å². The Balaban J connectivity index is 1.86. The van der Waals surface area contributed by atoms with Crippen molar-refractivity contribution < 1.29 is 14.6 Å². The van der Waals surface area contributed by atoms with Crippen molar-refractivity contribution in [2.75, 3.05) is 20.2 Å². The van der Waals surface area contributed by atoms with Crippen LogP contribution < -0.4 is 4.74 Å². The number of nitrogens with zero attached hydrogens (tertiary/aromatic N) is 1. The average Bonchev–Trinajstić information content (AvgIpc) is 2.98. The summed E-state index contributed by atoms with van der Waals surface area (Å²) < 4.78 is 5.13. The van der Waals surface area contributed by atoms with Gasteiger partial charge < -0.3 is 14.7 Å². The Morgan fingerprint density at radius 3 is 2.84 bits per heavy atom. The molecule has 1 heterocycles. The van der Waals surface area contributed by atoms with Gasteiger partial charge in [-0.1, -0.05) is 12.1 Å². The summed E-state index contributed by atoms with van der Waals surface area (Å²) in [6.07, 6.45) is 2.46. The van der Waals surface area contributed by atoms with E-state index in [1.165, 1.54) is 0 Å². The monoisotopic (exact) mass is 263 g/mol. The van der Waals surface area contributed by atoms with E-state index in [2.05, 4.69) is 0 Å². The van der Waals surface area contributed by atoms with E-state index in [0.717, 1.165) is 37.2 Å². The highest BCUT2D eigenvalue weighted by Crippen LogP contribution is 2.23. The lowest BCUT2D eigenvalue weighted by Gasteiger charge is -2.17. The summed E-state index contributed by atoms with van der Waals surface area (Å²) in [7, 11) is 1.60. The van der Waals surface area contributed by atoms with Crippen LogP contribution in [0.1, 0.15) is 37.4 Å². The lowest BCUT2D eigenvalue weighted by atomic mass is 10.0. The summed E-state index contributed by atoms with van der Waals surface area (Å²) >= 11 is 0. The van der Waals surface area contributed by atoms with Crippen LogP contribution in [0, 0.1) is 0 Å². The first-order chi connectivity index (χ1) is 9.20. The molecule has 1 aliphatic heterocycles. The predicted octanol–water partition coefficient (Wildman–Crippen LogP) is 2.13. The molecule has 1 atom stereocenters. The highest BCUT2D eigenvalue weighted by atomic mass is 16.5. The zero-order valence-electron chi connectivity index (χ0n) is 11.3. The lowest BCUT2D eigenvalue weighted by Crippen LogP contribution is -2.27. The Hall–Kier alpha value is -1.55. The summed E-state index contributed by atoms with van der Waals surface area (Å²) in [5, 5.41) is 10.1. The van der Waals surface area contributed by atoms with Gasteiger partial charge in [-0.25, -0.2) is 0 Å². The summed E-state index contributed by atoms with van der Waals surface area (Å²) in [5.41, 5.74) is 0.800. The van der Waals surface area contributed by atoms with E-state index in [0.29, 0.717) is 12.8 Å². The fraction of sp³-hybridized carbons (Fsp3) is 0.533. The maximum Gasteiger partial charge on any atom is 0.222 e. The van der Waals surface area contributed by atoms with Crippen molar-refractivity contribution in [1.29, 1.82) is 0 Å². The van der Waals surface area contributed by atoms with Crippen LogP contribution in [0.15, 0.2) is 24.3 Å². The molecular weight excluding hydrogens is 242 g/mol. The third-order valence-electron chi connectivity index (χ3n) is 3.57. The minimum absolute atomic E-state index is 0.152. The Bertz CT molecular complexity index is 427. The highest BCUT2D eigenvalue weighted by Gasteiger charge is 2.19. The quantitative estimate of drug-likeness (QED) is 0.885. The number of likely N-dealkylation sites (tertiary alicyclic amines) is 1. The van der Waals surface area contributed by atoms with Crippen LogP contribution in [0.3, 0.4) is 0 Å². The molecule has 1 aromatic carbocycles. The minimum Gasteiger partial charge on any atom is -0.497 e. The van der Waals surface area contributed by atoms with Crippen LogP contribution in [0.2, 0.25) is 0 Å². The van der Waals surface area contributed by atoms with Crippen LogP contribution in [0.25, 0.3) is 0 Å². The third-order valence-corrected chi connectivity index (χ3v) is 3.57. The lowest BCUT2D eigenvalue weighted by molar-refractivity contribution is -0.130. The second-order valence-electron chi connectivity index (χ2n) is 4.92. The fourth-order valence-electron chi connectivity index (χ4n) is 2.40. The number of rotatable bonds is 5. The zero-order chi connectivity index (χ0) is 13.7. The van der Waals surface area contributed by atoms with E-state index in [-0.39, 0.29) is 5.91 Å². The summed E-state index contributed by atoms with van der Waals surface area (Å²) in [4.78, 5) is 13.8. The number of methoxy groups -OCH3 is 1. The van der Waals surface area contributed by atoms with Gasteiger partial charge in [0.15, 0.2) is 0 Å². The molecule has 0 spiro atoms. The Labute approximate surface area is 114 Å². The van der Waals surface area contributed by atoms with Crippen molar-refractivity contribution in [1.82, 2.24) is 4.90 Å². The SMILES string of the molecule is COc1cccc(C(O)CCC(=O)N2CCCC2)c1. The van der Waals surface area contributed by atoms with Gasteiger partial charge in [0.1, 0.15) is 5.75 Å². The normalized spacial score (nSPS) is 16.4. The standard InChI is InChI=1S/C15H21NO3/c1-19-13-6-4-5-12(11-13)14(17)7-8-15(18)16-9-2-3-10-16/h4-6,11,14,17H,2-3,7-10H2,1H3. The molecule has 1 unspecified atom stereocenters. The molecule has 0 bridgehead atoms. The van der Waals surface area contributed by atoms with Crippen molar-refractivity contribution >= 4 is 5.91 Å². The van der Waals surface area contributed by atoms with E-state index >= 15 is 0 Å². The van der Waals surface area contributed by atoms with E-state index in [1.54, 1.807) is 7.11 Å². The number of carbonyl (C=O) groups excluding carboxylic acids is 1. The van der Waals surface area contributed by atoms with Crippen LogP contribution in [-0.2, 0) is 4.79 Å². The van der Waals surface area contributed by atoms with Gasteiger partial charge in [0.2, 0.25) is 5.91 Å². The molecule has 4 nitrogen and oxygen atoms in total. The van der Waals surface area contributed by atoms with Crippen LogP contribution >= 0.6 is 0 Å². The molecule has 0 aliphatic carbocycles. The molecule has 0 saturated carbocycles. The number of hydrogen-bond acceptors (Lipinski definition) is 3. The summed E-state index contributed by atoms with van der Waals surface area (Å²) in [6.45, 7) is 1.74. The molecule has 2 rings (SSSR count). The number of benzene rings is 1. The number of aliphatic hydroxyl groups is 1. The summed E-state index contributed by atoms with van der Waals surface area (Å²) in [6, 6.07) is 7.35. The first-order valence-electron chi connectivity index (χ1n) is 6.80. The molecule has 0 aromatic heterocycles. The van der Waals surface area contributed by atoms with Crippen molar-refractivity contribution in [2.45, 2.75) is 31.8 Å². The van der Waals surface area contributed by atoms with E-state index in [9.17, 15) is 9.90 Å². The predicted molar refractivity (Wildman–Crippen MR) is 73.0 cm³/mol. The van der Waals surface area contributed by atoms with Gasteiger partial charge in [0.25, 0.3) is 0 Å². The molecule has 0 radical (unpaired) electrons. The fourth-order valence-corrected chi connectivity index (χ4v) is 2.40. The second-order valence-corrected chi connectivity index (χ2v) is 4.92. The molecule has 1 amide bonds. The van der Waals surface area contributed by atoms with Gasteiger partial charge in [-0.15, -0.1) is 0 Å². The maximum atomic E-state index is 11.9. The van der Waals surface area contributed by atoms with E-state index in [1.807, 2.05) is 29.2 Å². The Morgan fingerprint density at radius 2 is 2.16 bits per heavy atom. The van der Waals surface area contributed by atoms with Crippen molar-refractivity contribution in [3.05, 3.63) is 29.8 Å². The number of carbonyl (C=O) groups is 1. The van der Waals surface area contributed by atoms with Crippen LogP contribution in [0.5, 0.6) is 5.75 Å². The molecule has 1 saturated heterocycles. The van der Waals surface area contributed by atoms with Gasteiger partial charge in [0.05, 0.1) is 13.2 Å². The zero-order valence-corrected chi connectivity index (χ0v) is 11.3. The van der Waals surface area contributed by atoms with E-state index in [4.69, 9.17) is 4.74 Å². The Kier molecular flexibility index (Phi) is 4.80. The second kappa shape index (κ2) is 6.57. The van der Waals surface area contributed by atoms with Gasteiger partial charge in [-0.2, -0.15) is 0 Å². The van der Waals surface area contributed by atoms with Gasteiger partial charge >= 0.3 is 0 Å². The molecule has 19 heavy (non-hydrogen) atoms. The highest BCUT2D eigenvalue weighted by molar-refractivity contribution is 5.76. The molecule has 1 fully saturated rings. The van der Waals surface area contributed by atoms with Crippen molar-refractivity contribution in [3.8, 4) is 5.75 Å². The number of amides is 1. The minimum atomic E-state index is -0.610. The third kappa shape index (κ3) is 3.70. The van der Waals surface area contributed by atoms with Crippen molar-refractivity contribution in [2.24, 2.45) is 0 Å². The first kappa shape index (κ1) is 13.9. The van der Waals surface area contributed by atoms with Crippen LogP contribution in [-0.4, -0.2) is 36.1 Å². The van der Waals surface area contributed by atoms with Gasteiger partial charge in [-0.05, 0) is 37.0 Å². The smallest absolute Gasteiger partial charge is 0.222 e. The van der Waals surface area contributed by atoms with Gasteiger partial charge in [0, 0.05) is 19.5 Å². The maximum absolute atomic E-state index is 11.9. The molecule has 1 aliphatic rings. The topological polar surface area (TPSA) is 49.8 Å². The first-order valence-corrected chi connectivity index (χ1v) is 6.80. The van der Waals surface area contributed by atoms with Gasteiger partial charge in [-0.3, -0.25) is 4.79 Å². The molecular formula is C15H21NO3. The number of aliphatic hydroxyl groups excluding tert-OH is 1. The molecule has 4 heteroatoms. The molecule has 1 aromatic rings. The number of ether oxygens (including phenoxy) is 1. The Morgan fingerprint density at radius 1 is 1.42 bits per heavy atom. The molecule has 1 N–H and O–H groups in total. The van der Waals surface area contributed by atoms with E-state index < -0.39 is 6.10 Å². The average molecular weight is 263 g/mol. The number of hydrogen-bond donors (Lipinski definition) is 1. The molecule has 104 valence electrons. The summed E-state index contributed by atoms with van der Waals surface area (Å²) in [5.74, 6) is 0.877. The largest absolute Gasteiger partial charge is 0.497 e.